The van der Waals surface area contributed by atoms with Crippen molar-refractivity contribution in [1.82, 2.24) is 14.8 Å². The van der Waals surface area contributed by atoms with Gasteiger partial charge in [0.2, 0.25) is 0 Å². The highest BCUT2D eigenvalue weighted by molar-refractivity contribution is 9.09. The van der Waals surface area contributed by atoms with E-state index in [1.807, 2.05) is 4.68 Å². The minimum atomic E-state index is 0.394. The molecule has 0 radical (unpaired) electrons. The van der Waals surface area contributed by atoms with Crippen molar-refractivity contribution >= 4 is 15.9 Å². The van der Waals surface area contributed by atoms with E-state index >= 15 is 0 Å². The van der Waals surface area contributed by atoms with Crippen LogP contribution in [0.2, 0.25) is 0 Å². The largest absolute Gasteiger partial charge is 0.248 e. The Kier molecular flexibility index (Phi) is 4.11. The molecule has 3 nitrogen and oxygen atoms in total. The molecule has 2 unspecified atom stereocenters. The van der Waals surface area contributed by atoms with E-state index in [1.165, 1.54) is 0 Å². The molecule has 0 aliphatic carbocycles. The van der Waals surface area contributed by atoms with Gasteiger partial charge in [-0.15, -0.1) is 0 Å². The third-order valence-corrected chi connectivity index (χ3v) is 3.33. The predicted molar refractivity (Wildman–Crippen MR) is 61.7 cm³/mol. The third-order valence-electron chi connectivity index (χ3n) is 2.43. The summed E-state index contributed by atoms with van der Waals surface area (Å²) in [5.74, 6) is 1.66. The summed E-state index contributed by atoms with van der Waals surface area (Å²) in [5, 5.41) is 4.22. The van der Waals surface area contributed by atoms with Crippen LogP contribution in [0.4, 0.5) is 0 Å². The van der Waals surface area contributed by atoms with Crippen LogP contribution in [0, 0.1) is 5.92 Å². The van der Waals surface area contributed by atoms with E-state index < -0.39 is 0 Å². The molecule has 2 atom stereocenters. The SMILES string of the molecule is CC(Br)C(C)Cc1ncnn1C(C)C. The Bertz CT molecular complexity index is 281. The number of aromatic nitrogens is 3. The van der Waals surface area contributed by atoms with Crippen LogP contribution in [0.25, 0.3) is 0 Å². The fraction of sp³-hybridized carbons (Fsp3) is 0.800. The highest BCUT2D eigenvalue weighted by Crippen LogP contribution is 2.17. The van der Waals surface area contributed by atoms with Gasteiger partial charge < -0.3 is 0 Å². The summed E-state index contributed by atoms with van der Waals surface area (Å²) in [6, 6.07) is 0.394. The topological polar surface area (TPSA) is 30.7 Å². The Labute approximate surface area is 94.0 Å². The van der Waals surface area contributed by atoms with Crippen molar-refractivity contribution in [2.45, 2.75) is 45.0 Å². The van der Waals surface area contributed by atoms with Crippen molar-refractivity contribution in [2.75, 3.05) is 0 Å². The molecular formula is C10H18BrN3. The van der Waals surface area contributed by atoms with Crippen molar-refractivity contribution in [1.29, 1.82) is 0 Å². The van der Waals surface area contributed by atoms with Gasteiger partial charge in [0, 0.05) is 17.3 Å². The summed E-state index contributed by atoms with van der Waals surface area (Å²) in [7, 11) is 0. The summed E-state index contributed by atoms with van der Waals surface area (Å²) in [6.07, 6.45) is 2.62. The van der Waals surface area contributed by atoms with Crippen molar-refractivity contribution in [3.63, 3.8) is 0 Å². The van der Waals surface area contributed by atoms with Gasteiger partial charge in [-0.1, -0.05) is 29.8 Å². The van der Waals surface area contributed by atoms with Gasteiger partial charge in [-0.25, -0.2) is 9.67 Å². The minimum absolute atomic E-state index is 0.394. The lowest BCUT2D eigenvalue weighted by Crippen LogP contribution is -2.15. The zero-order chi connectivity index (χ0) is 10.7. The maximum atomic E-state index is 4.29. The number of hydrogen-bond acceptors (Lipinski definition) is 2. The molecule has 0 aliphatic rings. The second kappa shape index (κ2) is 4.91. The summed E-state index contributed by atoms with van der Waals surface area (Å²) in [4.78, 5) is 4.80. The molecule has 1 aromatic rings. The first-order valence-electron chi connectivity index (χ1n) is 5.04. The standard InChI is InChI=1S/C10H18BrN3/c1-7(2)14-10(12-6-13-14)5-8(3)9(4)11/h6-9H,5H2,1-4H3. The molecule has 14 heavy (non-hydrogen) atoms. The zero-order valence-corrected chi connectivity index (χ0v) is 10.8. The molecule has 0 bridgehead atoms. The highest BCUT2D eigenvalue weighted by atomic mass is 79.9. The van der Waals surface area contributed by atoms with Crippen LogP contribution in [-0.2, 0) is 6.42 Å². The van der Waals surface area contributed by atoms with E-state index in [9.17, 15) is 0 Å². The Morgan fingerprint density at radius 2 is 2.00 bits per heavy atom. The molecule has 0 aliphatic heterocycles. The molecule has 0 saturated carbocycles. The van der Waals surface area contributed by atoms with Gasteiger partial charge in [-0.3, -0.25) is 0 Å². The van der Waals surface area contributed by atoms with E-state index in [-0.39, 0.29) is 0 Å². The average molecular weight is 260 g/mol. The third kappa shape index (κ3) is 2.80. The predicted octanol–water partition coefficient (Wildman–Crippen LogP) is 2.82. The van der Waals surface area contributed by atoms with Gasteiger partial charge in [0.1, 0.15) is 12.2 Å². The highest BCUT2D eigenvalue weighted by Gasteiger charge is 2.14. The molecule has 1 heterocycles. The number of rotatable bonds is 4. The first kappa shape index (κ1) is 11.7. The Morgan fingerprint density at radius 3 is 2.50 bits per heavy atom. The Hall–Kier alpha value is -0.380. The molecule has 4 heteroatoms. The van der Waals surface area contributed by atoms with Gasteiger partial charge in [0.15, 0.2) is 0 Å². The molecule has 0 N–H and O–H groups in total. The van der Waals surface area contributed by atoms with Crippen molar-refractivity contribution in [3.05, 3.63) is 12.2 Å². The number of nitrogens with zero attached hydrogens (tertiary/aromatic N) is 3. The van der Waals surface area contributed by atoms with E-state index in [2.05, 4.69) is 53.7 Å². The monoisotopic (exact) mass is 259 g/mol. The van der Waals surface area contributed by atoms with Crippen molar-refractivity contribution in [3.8, 4) is 0 Å². The van der Waals surface area contributed by atoms with Gasteiger partial charge in [0.25, 0.3) is 0 Å². The van der Waals surface area contributed by atoms with Gasteiger partial charge >= 0.3 is 0 Å². The molecule has 0 aromatic carbocycles. The van der Waals surface area contributed by atoms with Crippen LogP contribution in [0.5, 0.6) is 0 Å². The van der Waals surface area contributed by atoms with Gasteiger partial charge in [-0.05, 0) is 19.8 Å². The van der Waals surface area contributed by atoms with Crippen LogP contribution < -0.4 is 0 Å². The summed E-state index contributed by atoms with van der Waals surface area (Å²) in [5.41, 5.74) is 0. The number of hydrogen-bond donors (Lipinski definition) is 0. The lowest BCUT2D eigenvalue weighted by atomic mass is 10.0. The average Bonchev–Trinajstić information content (AvgIpc) is 2.52. The molecular weight excluding hydrogens is 242 g/mol. The van der Waals surface area contributed by atoms with Crippen LogP contribution in [0.15, 0.2) is 6.33 Å². The van der Waals surface area contributed by atoms with Crippen LogP contribution in [0.1, 0.15) is 39.6 Å². The second-order valence-electron chi connectivity index (χ2n) is 4.07. The normalized spacial score (nSPS) is 15.9. The van der Waals surface area contributed by atoms with E-state index in [0.29, 0.717) is 16.8 Å². The van der Waals surface area contributed by atoms with E-state index in [1.54, 1.807) is 6.33 Å². The fourth-order valence-electron chi connectivity index (χ4n) is 1.30. The molecule has 0 amide bonds. The first-order chi connectivity index (χ1) is 6.52. The number of halogens is 1. The molecule has 80 valence electrons. The molecule has 0 spiro atoms. The van der Waals surface area contributed by atoms with Crippen molar-refractivity contribution in [2.24, 2.45) is 5.92 Å². The van der Waals surface area contributed by atoms with Crippen LogP contribution in [-0.4, -0.2) is 19.6 Å². The molecule has 0 fully saturated rings. The van der Waals surface area contributed by atoms with Crippen LogP contribution >= 0.6 is 15.9 Å². The zero-order valence-electron chi connectivity index (χ0n) is 9.24. The maximum Gasteiger partial charge on any atom is 0.138 e. The van der Waals surface area contributed by atoms with Gasteiger partial charge in [-0.2, -0.15) is 5.10 Å². The maximum absolute atomic E-state index is 4.29. The lowest BCUT2D eigenvalue weighted by molar-refractivity contribution is 0.471. The quantitative estimate of drug-likeness (QED) is 0.779. The summed E-state index contributed by atoms with van der Waals surface area (Å²) in [6.45, 7) is 8.64. The summed E-state index contributed by atoms with van der Waals surface area (Å²) >= 11 is 3.59. The van der Waals surface area contributed by atoms with Crippen molar-refractivity contribution < 1.29 is 0 Å². The second-order valence-corrected chi connectivity index (χ2v) is 5.52. The molecule has 1 aromatic heterocycles. The summed E-state index contributed by atoms with van der Waals surface area (Å²) < 4.78 is 1.99. The molecule has 0 saturated heterocycles. The van der Waals surface area contributed by atoms with Gasteiger partial charge in [0.05, 0.1) is 0 Å². The Balaban J connectivity index is 2.71. The van der Waals surface area contributed by atoms with Crippen LogP contribution in [0.3, 0.4) is 0 Å². The Morgan fingerprint density at radius 1 is 1.36 bits per heavy atom. The van der Waals surface area contributed by atoms with E-state index in [0.717, 1.165) is 12.2 Å². The molecule has 1 rings (SSSR count). The smallest absolute Gasteiger partial charge is 0.138 e. The number of alkyl halides is 1. The fourth-order valence-corrected chi connectivity index (χ4v) is 1.49. The minimum Gasteiger partial charge on any atom is -0.248 e. The first-order valence-corrected chi connectivity index (χ1v) is 5.96. The lowest BCUT2D eigenvalue weighted by Gasteiger charge is -2.15. The van der Waals surface area contributed by atoms with E-state index in [4.69, 9.17) is 0 Å².